The van der Waals surface area contributed by atoms with Gasteiger partial charge >= 0.3 is 5.51 Å². The third-order valence-electron chi connectivity index (χ3n) is 5.37. The van der Waals surface area contributed by atoms with Crippen LogP contribution in [-0.2, 0) is 21.1 Å². The van der Waals surface area contributed by atoms with E-state index < -0.39 is 20.2 Å². The van der Waals surface area contributed by atoms with E-state index in [1.807, 2.05) is 41.8 Å². The zero-order chi connectivity index (χ0) is 22.9. The Labute approximate surface area is 183 Å². The summed E-state index contributed by atoms with van der Waals surface area (Å²) in [6, 6.07) is 11.3. The average molecular weight is 465 g/mol. The Hall–Kier alpha value is -2.85. The second-order valence-corrected chi connectivity index (χ2v) is 9.28. The van der Waals surface area contributed by atoms with Crippen LogP contribution in [0.1, 0.15) is 18.3 Å². The van der Waals surface area contributed by atoms with E-state index in [-0.39, 0.29) is 5.52 Å². The average Bonchev–Trinajstić information content (AvgIpc) is 3.14. The monoisotopic (exact) mass is 465 g/mol. The summed E-state index contributed by atoms with van der Waals surface area (Å²) >= 11 is 0. The molecule has 32 heavy (non-hydrogen) atoms. The van der Waals surface area contributed by atoms with Crippen LogP contribution in [0.2, 0.25) is 0 Å². The number of nitrogens with zero attached hydrogens (tertiary/aromatic N) is 3. The number of hydrogen-bond donors (Lipinski definition) is 0. The molecule has 0 aliphatic carbocycles. The van der Waals surface area contributed by atoms with Crippen LogP contribution in [0.15, 0.2) is 47.4 Å². The second-order valence-electron chi connectivity index (χ2n) is 7.34. The SMILES string of the molecule is CCn1c(/C=C/c2ccc(N3CCOCC3)cc2)nc2cc(S(=O)(=O)C(F)(F)F)ccc21. The maximum Gasteiger partial charge on any atom is 0.501 e. The molecule has 170 valence electrons. The number of sulfone groups is 1. The van der Waals surface area contributed by atoms with Crippen LogP contribution in [0.4, 0.5) is 18.9 Å². The van der Waals surface area contributed by atoms with E-state index >= 15 is 0 Å². The Bertz CT molecular complexity index is 1240. The highest BCUT2D eigenvalue weighted by molar-refractivity contribution is 7.92. The van der Waals surface area contributed by atoms with Gasteiger partial charge in [0.15, 0.2) is 0 Å². The lowest BCUT2D eigenvalue weighted by atomic mass is 10.1. The van der Waals surface area contributed by atoms with E-state index in [0.717, 1.165) is 36.5 Å². The van der Waals surface area contributed by atoms with E-state index in [1.54, 1.807) is 6.08 Å². The van der Waals surface area contributed by atoms with E-state index in [4.69, 9.17) is 4.74 Å². The molecule has 1 saturated heterocycles. The molecule has 3 aromatic rings. The fourth-order valence-electron chi connectivity index (χ4n) is 3.68. The van der Waals surface area contributed by atoms with Gasteiger partial charge in [-0.1, -0.05) is 18.2 Å². The van der Waals surface area contributed by atoms with Crippen molar-refractivity contribution in [3.63, 3.8) is 0 Å². The van der Waals surface area contributed by atoms with Crippen molar-refractivity contribution >= 4 is 38.7 Å². The molecule has 0 saturated carbocycles. The Balaban J connectivity index is 1.62. The minimum absolute atomic E-state index is 0.194. The van der Waals surface area contributed by atoms with Crippen molar-refractivity contribution in [2.24, 2.45) is 0 Å². The quantitative estimate of drug-likeness (QED) is 0.560. The molecule has 0 N–H and O–H groups in total. The van der Waals surface area contributed by atoms with Crippen molar-refractivity contribution in [2.75, 3.05) is 31.2 Å². The number of alkyl halides is 3. The number of imidazole rings is 1. The lowest BCUT2D eigenvalue weighted by Gasteiger charge is -2.28. The number of fused-ring (bicyclic) bond motifs is 1. The Morgan fingerprint density at radius 1 is 1.06 bits per heavy atom. The van der Waals surface area contributed by atoms with Crippen molar-refractivity contribution in [1.82, 2.24) is 9.55 Å². The van der Waals surface area contributed by atoms with E-state index in [2.05, 4.69) is 9.88 Å². The summed E-state index contributed by atoms with van der Waals surface area (Å²) in [7, 11) is -5.43. The van der Waals surface area contributed by atoms with Gasteiger partial charge in [0.1, 0.15) is 5.82 Å². The van der Waals surface area contributed by atoms with Crippen LogP contribution in [0.3, 0.4) is 0 Å². The summed E-state index contributed by atoms with van der Waals surface area (Å²) in [6.45, 7) is 5.53. The third-order valence-corrected chi connectivity index (χ3v) is 6.86. The lowest BCUT2D eigenvalue weighted by Crippen LogP contribution is -2.36. The molecule has 2 aromatic carbocycles. The van der Waals surface area contributed by atoms with Crippen LogP contribution >= 0.6 is 0 Å². The van der Waals surface area contributed by atoms with Gasteiger partial charge in [0.05, 0.1) is 29.1 Å². The highest BCUT2D eigenvalue weighted by Crippen LogP contribution is 2.32. The van der Waals surface area contributed by atoms with Crippen LogP contribution < -0.4 is 4.90 Å². The topological polar surface area (TPSA) is 64.4 Å². The van der Waals surface area contributed by atoms with Crippen molar-refractivity contribution in [3.05, 3.63) is 53.9 Å². The number of benzene rings is 2. The maximum atomic E-state index is 12.9. The van der Waals surface area contributed by atoms with Gasteiger partial charge in [-0.3, -0.25) is 0 Å². The summed E-state index contributed by atoms with van der Waals surface area (Å²) in [6.07, 6.45) is 3.63. The van der Waals surface area contributed by atoms with Gasteiger partial charge in [-0.05, 0) is 48.9 Å². The Kier molecular flexibility index (Phi) is 6.00. The van der Waals surface area contributed by atoms with Gasteiger partial charge in [0.25, 0.3) is 9.84 Å². The summed E-state index contributed by atoms with van der Waals surface area (Å²) in [5.41, 5.74) is -2.54. The highest BCUT2D eigenvalue weighted by Gasteiger charge is 2.47. The predicted molar refractivity (Wildman–Crippen MR) is 117 cm³/mol. The normalized spacial score (nSPS) is 15.7. The lowest BCUT2D eigenvalue weighted by molar-refractivity contribution is -0.0435. The van der Waals surface area contributed by atoms with Crippen LogP contribution in [0, 0.1) is 0 Å². The molecule has 4 rings (SSSR count). The van der Waals surface area contributed by atoms with E-state index in [1.165, 1.54) is 6.07 Å². The summed E-state index contributed by atoms with van der Waals surface area (Å²) in [5.74, 6) is 0.529. The molecular formula is C22H22F3N3O3S. The Morgan fingerprint density at radius 3 is 2.38 bits per heavy atom. The van der Waals surface area contributed by atoms with Crippen molar-refractivity contribution in [3.8, 4) is 0 Å². The summed E-state index contributed by atoms with van der Waals surface area (Å²) in [5, 5.41) is 0. The van der Waals surface area contributed by atoms with Gasteiger partial charge in [-0.15, -0.1) is 0 Å². The minimum Gasteiger partial charge on any atom is -0.378 e. The standard InChI is InChI=1S/C22H22F3N3O3S/c1-2-28-20-9-8-18(32(29,30)22(23,24)25)15-19(20)26-21(28)10-5-16-3-6-17(7-4-16)27-11-13-31-14-12-27/h3-10,15H,2,11-14H2,1H3/b10-5+. The zero-order valence-electron chi connectivity index (χ0n) is 17.3. The number of hydrogen-bond acceptors (Lipinski definition) is 5. The summed E-state index contributed by atoms with van der Waals surface area (Å²) in [4.78, 5) is 5.81. The first kappa shape index (κ1) is 22.3. The van der Waals surface area contributed by atoms with Gasteiger partial charge in [-0.2, -0.15) is 13.2 Å². The number of aromatic nitrogens is 2. The van der Waals surface area contributed by atoms with Gasteiger partial charge in [-0.25, -0.2) is 13.4 Å². The van der Waals surface area contributed by atoms with Gasteiger partial charge in [0, 0.05) is 25.3 Å². The first-order chi connectivity index (χ1) is 15.2. The second kappa shape index (κ2) is 8.59. The molecule has 0 atom stereocenters. The third kappa shape index (κ3) is 4.24. The number of morpholine rings is 1. The molecule has 0 spiro atoms. The van der Waals surface area contributed by atoms with Gasteiger partial charge in [0.2, 0.25) is 0 Å². The van der Waals surface area contributed by atoms with Crippen LogP contribution in [-0.4, -0.2) is 49.8 Å². The fourth-order valence-corrected chi connectivity index (χ4v) is 4.46. The minimum atomic E-state index is -5.43. The molecule has 6 nitrogen and oxygen atoms in total. The van der Waals surface area contributed by atoms with E-state index in [0.29, 0.717) is 31.1 Å². The first-order valence-electron chi connectivity index (χ1n) is 10.1. The molecule has 1 aromatic heterocycles. The van der Waals surface area contributed by atoms with Crippen LogP contribution in [0.25, 0.3) is 23.2 Å². The largest absolute Gasteiger partial charge is 0.501 e. The number of anilines is 1. The molecule has 2 heterocycles. The highest BCUT2D eigenvalue weighted by atomic mass is 32.2. The molecule has 1 aliphatic rings. The smallest absolute Gasteiger partial charge is 0.378 e. The zero-order valence-corrected chi connectivity index (χ0v) is 18.2. The molecular weight excluding hydrogens is 443 g/mol. The van der Waals surface area contributed by atoms with Crippen LogP contribution in [0.5, 0.6) is 0 Å². The molecule has 10 heteroatoms. The molecule has 0 radical (unpaired) electrons. The molecule has 1 fully saturated rings. The molecule has 1 aliphatic heterocycles. The fraction of sp³-hybridized carbons (Fsp3) is 0.318. The molecule has 0 amide bonds. The number of rotatable bonds is 5. The number of aryl methyl sites for hydroxylation is 1. The number of ether oxygens (including phenoxy) is 1. The Morgan fingerprint density at radius 2 is 1.75 bits per heavy atom. The molecule has 0 unspecified atom stereocenters. The summed E-state index contributed by atoms with van der Waals surface area (Å²) < 4.78 is 69.3. The first-order valence-corrected chi connectivity index (χ1v) is 11.6. The van der Waals surface area contributed by atoms with Crippen molar-refractivity contribution in [2.45, 2.75) is 23.9 Å². The predicted octanol–water partition coefficient (Wildman–Crippen LogP) is 4.36. The molecule has 0 bridgehead atoms. The van der Waals surface area contributed by atoms with Crippen molar-refractivity contribution in [1.29, 1.82) is 0 Å². The van der Waals surface area contributed by atoms with Gasteiger partial charge < -0.3 is 14.2 Å². The van der Waals surface area contributed by atoms with E-state index in [9.17, 15) is 21.6 Å². The van der Waals surface area contributed by atoms with Crippen molar-refractivity contribution < 1.29 is 26.3 Å². The number of halogens is 3. The maximum absolute atomic E-state index is 12.9.